The van der Waals surface area contributed by atoms with Crippen molar-refractivity contribution in [1.29, 1.82) is 0 Å². The second-order valence-corrected chi connectivity index (χ2v) is 6.33. The van der Waals surface area contributed by atoms with Crippen LogP contribution in [0.25, 0.3) is 11.0 Å². The lowest BCUT2D eigenvalue weighted by molar-refractivity contribution is 0.762. The second-order valence-electron chi connectivity index (χ2n) is 5.89. The van der Waals surface area contributed by atoms with Crippen LogP contribution in [-0.2, 0) is 13.0 Å². The zero-order chi connectivity index (χ0) is 16.4. The topological polar surface area (TPSA) is 17.8 Å². The number of hydrogen-bond acceptors (Lipinski definition) is 1. The Morgan fingerprint density at radius 2 is 1.44 bits per heavy atom. The van der Waals surface area contributed by atoms with E-state index in [1.807, 2.05) is 24.3 Å². The maximum absolute atomic E-state index is 6.01. The molecule has 0 saturated carbocycles. The number of imidazole rings is 1. The van der Waals surface area contributed by atoms with Gasteiger partial charge in [-0.2, -0.15) is 0 Å². The molecule has 4 rings (SSSR count). The van der Waals surface area contributed by atoms with E-state index in [4.69, 9.17) is 16.6 Å². The highest BCUT2D eigenvalue weighted by Gasteiger charge is 2.11. The summed E-state index contributed by atoms with van der Waals surface area (Å²) in [6, 6.07) is 26.8. The van der Waals surface area contributed by atoms with Crippen LogP contribution in [0.3, 0.4) is 0 Å². The molecule has 0 aliphatic heterocycles. The molecular weight excluding hydrogens is 351 g/mol. The Balaban J connectivity index is 0.00000182. The van der Waals surface area contributed by atoms with Crippen LogP contribution in [0.15, 0.2) is 78.9 Å². The van der Waals surface area contributed by atoms with Gasteiger partial charge in [0, 0.05) is 18.0 Å². The van der Waals surface area contributed by atoms with Crippen molar-refractivity contribution in [1.82, 2.24) is 9.55 Å². The zero-order valence-corrected chi connectivity index (χ0v) is 15.2. The molecule has 0 bridgehead atoms. The van der Waals surface area contributed by atoms with Crippen LogP contribution in [-0.4, -0.2) is 9.55 Å². The van der Waals surface area contributed by atoms with Crippen LogP contribution in [0.1, 0.15) is 17.0 Å². The van der Waals surface area contributed by atoms with Crippen LogP contribution < -0.4 is 0 Å². The maximum atomic E-state index is 6.01. The van der Waals surface area contributed by atoms with Gasteiger partial charge in [-0.1, -0.05) is 66.2 Å². The van der Waals surface area contributed by atoms with Crippen molar-refractivity contribution < 1.29 is 0 Å². The highest BCUT2D eigenvalue weighted by atomic mass is 35.5. The van der Waals surface area contributed by atoms with E-state index < -0.39 is 0 Å². The normalized spacial score (nSPS) is 10.6. The zero-order valence-electron chi connectivity index (χ0n) is 13.6. The van der Waals surface area contributed by atoms with Gasteiger partial charge in [-0.25, -0.2) is 4.98 Å². The van der Waals surface area contributed by atoms with Gasteiger partial charge >= 0.3 is 0 Å². The highest BCUT2D eigenvalue weighted by Crippen LogP contribution is 2.21. The van der Waals surface area contributed by atoms with Gasteiger partial charge in [-0.3, -0.25) is 0 Å². The number of fused-ring (bicyclic) bond motifs is 1. The van der Waals surface area contributed by atoms with E-state index in [-0.39, 0.29) is 12.4 Å². The minimum absolute atomic E-state index is 0. The summed E-state index contributed by atoms with van der Waals surface area (Å²) >= 11 is 6.01. The van der Waals surface area contributed by atoms with Crippen molar-refractivity contribution in [3.63, 3.8) is 0 Å². The van der Waals surface area contributed by atoms with Gasteiger partial charge in [0.25, 0.3) is 0 Å². The Hall–Kier alpha value is -2.29. The number of benzene rings is 3. The van der Waals surface area contributed by atoms with Crippen LogP contribution in [0, 0.1) is 0 Å². The smallest absolute Gasteiger partial charge is 0.114 e. The molecule has 3 aromatic carbocycles. The minimum Gasteiger partial charge on any atom is -0.323 e. The molecule has 0 saturated heterocycles. The summed E-state index contributed by atoms with van der Waals surface area (Å²) in [5, 5.41) is 0.763. The Kier molecular flexibility index (Phi) is 5.42. The number of aromatic nitrogens is 2. The van der Waals surface area contributed by atoms with E-state index in [0.717, 1.165) is 29.3 Å². The molecule has 0 radical (unpaired) electrons. The Morgan fingerprint density at radius 3 is 2.20 bits per heavy atom. The van der Waals surface area contributed by atoms with Crippen LogP contribution in [0.4, 0.5) is 0 Å². The summed E-state index contributed by atoms with van der Waals surface area (Å²) in [6.07, 6.45) is 0.823. The molecule has 4 heteroatoms. The molecule has 126 valence electrons. The van der Waals surface area contributed by atoms with Crippen molar-refractivity contribution in [2.75, 3.05) is 0 Å². The lowest BCUT2D eigenvalue weighted by Crippen LogP contribution is -2.06. The van der Waals surface area contributed by atoms with E-state index in [0.29, 0.717) is 0 Å². The van der Waals surface area contributed by atoms with E-state index >= 15 is 0 Å². The molecule has 0 fully saturated rings. The summed E-state index contributed by atoms with van der Waals surface area (Å²) in [5.74, 6) is 1.08. The third-order valence-corrected chi connectivity index (χ3v) is 4.44. The molecule has 1 heterocycles. The first-order valence-corrected chi connectivity index (χ1v) is 8.40. The van der Waals surface area contributed by atoms with Crippen molar-refractivity contribution in [2.45, 2.75) is 13.0 Å². The molecular formula is C21H18Cl2N2. The maximum Gasteiger partial charge on any atom is 0.114 e. The fourth-order valence-electron chi connectivity index (χ4n) is 2.99. The number of rotatable bonds is 4. The summed E-state index contributed by atoms with van der Waals surface area (Å²) in [4.78, 5) is 4.86. The predicted molar refractivity (Wildman–Crippen MR) is 107 cm³/mol. The first-order chi connectivity index (χ1) is 11.8. The third kappa shape index (κ3) is 3.87. The van der Waals surface area contributed by atoms with Gasteiger partial charge in [0.05, 0.1) is 11.0 Å². The lowest BCUT2D eigenvalue weighted by Gasteiger charge is -2.10. The quantitative estimate of drug-likeness (QED) is 0.448. The van der Waals surface area contributed by atoms with Gasteiger partial charge in [-0.05, 0) is 35.4 Å². The average Bonchev–Trinajstić information content (AvgIpc) is 2.95. The number of hydrogen-bond donors (Lipinski definition) is 0. The fourth-order valence-corrected chi connectivity index (χ4v) is 3.11. The highest BCUT2D eigenvalue weighted by molar-refractivity contribution is 6.30. The monoisotopic (exact) mass is 368 g/mol. The van der Waals surface area contributed by atoms with Gasteiger partial charge in [0.2, 0.25) is 0 Å². The van der Waals surface area contributed by atoms with Gasteiger partial charge in [0.15, 0.2) is 0 Å². The lowest BCUT2D eigenvalue weighted by atomic mass is 10.1. The summed E-state index contributed by atoms with van der Waals surface area (Å²) in [7, 11) is 0. The molecule has 0 unspecified atom stereocenters. The Morgan fingerprint density at radius 1 is 0.760 bits per heavy atom. The first kappa shape index (κ1) is 17.5. The third-order valence-electron chi connectivity index (χ3n) is 4.19. The largest absolute Gasteiger partial charge is 0.323 e. The van der Waals surface area contributed by atoms with Crippen molar-refractivity contribution in [2.24, 2.45) is 0 Å². The Labute approximate surface area is 158 Å². The molecule has 0 aliphatic rings. The van der Waals surface area contributed by atoms with E-state index in [9.17, 15) is 0 Å². The van der Waals surface area contributed by atoms with Crippen molar-refractivity contribution in [3.05, 3.63) is 101 Å². The number of nitrogens with zero attached hydrogens (tertiary/aromatic N) is 2. The second kappa shape index (κ2) is 7.73. The summed E-state index contributed by atoms with van der Waals surface area (Å²) in [6.45, 7) is 0.792. The fraction of sp³-hybridized carbons (Fsp3) is 0.0952. The van der Waals surface area contributed by atoms with Crippen LogP contribution in [0.5, 0.6) is 0 Å². The molecule has 0 spiro atoms. The molecule has 0 N–H and O–H groups in total. The predicted octanol–water partition coefficient (Wildman–Crippen LogP) is 5.75. The summed E-state index contributed by atoms with van der Waals surface area (Å²) < 4.78 is 2.30. The molecule has 0 amide bonds. The number of halogens is 2. The molecule has 2 nitrogen and oxygen atoms in total. The summed E-state index contributed by atoms with van der Waals surface area (Å²) in [5.41, 5.74) is 4.69. The molecule has 0 aliphatic carbocycles. The van der Waals surface area contributed by atoms with Gasteiger partial charge in [0.1, 0.15) is 5.82 Å². The molecule has 4 aromatic rings. The van der Waals surface area contributed by atoms with Gasteiger partial charge < -0.3 is 4.57 Å². The molecule has 0 atom stereocenters. The standard InChI is InChI=1S/C21H17ClN2.ClH/c22-18-12-10-17(11-13-18)15-24-20-9-5-4-8-19(20)23-21(24)14-16-6-2-1-3-7-16;/h1-13H,14-15H2;1H. The van der Waals surface area contributed by atoms with Crippen molar-refractivity contribution in [3.8, 4) is 0 Å². The van der Waals surface area contributed by atoms with Crippen LogP contribution in [0.2, 0.25) is 5.02 Å². The van der Waals surface area contributed by atoms with E-state index in [1.165, 1.54) is 16.6 Å². The van der Waals surface area contributed by atoms with E-state index in [1.54, 1.807) is 0 Å². The van der Waals surface area contributed by atoms with E-state index in [2.05, 4.69) is 59.2 Å². The Bertz CT molecular complexity index is 960. The van der Waals surface area contributed by atoms with Gasteiger partial charge in [-0.15, -0.1) is 12.4 Å². The SMILES string of the molecule is Cl.Clc1ccc(Cn2c(Cc3ccccc3)nc3ccccc32)cc1. The van der Waals surface area contributed by atoms with Crippen LogP contribution >= 0.6 is 24.0 Å². The molecule has 25 heavy (non-hydrogen) atoms. The first-order valence-electron chi connectivity index (χ1n) is 8.02. The number of para-hydroxylation sites is 2. The average molecular weight is 369 g/mol. The minimum atomic E-state index is 0. The molecule has 1 aromatic heterocycles. The van der Waals surface area contributed by atoms with Crippen molar-refractivity contribution >= 4 is 35.0 Å².